The third kappa shape index (κ3) is 7.89. The molecule has 4 rings (SSSR count). The second-order valence-electron chi connectivity index (χ2n) is 11.0. The smallest absolute Gasteiger partial charge is 0.264 e. The quantitative estimate of drug-likeness (QED) is 0.265. The lowest BCUT2D eigenvalue weighted by Crippen LogP contribution is -2.53. The van der Waals surface area contributed by atoms with E-state index in [0.717, 1.165) is 46.7 Å². The number of methoxy groups -OCH3 is 1. The van der Waals surface area contributed by atoms with Gasteiger partial charge in [0, 0.05) is 17.6 Å². The molecule has 1 N–H and O–H groups in total. The van der Waals surface area contributed by atoms with Gasteiger partial charge in [-0.3, -0.25) is 13.9 Å². The van der Waals surface area contributed by atoms with E-state index in [-0.39, 0.29) is 23.4 Å². The largest absolute Gasteiger partial charge is 0.497 e. The fraction of sp³-hybridized carbons (Fsp3) is 0.394. The number of aryl methyl sites for hydroxylation is 2. The minimum Gasteiger partial charge on any atom is -0.497 e. The average molecular weight is 626 g/mol. The number of carbonyl (C=O) groups is 2. The van der Waals surface area contributed by atoms with Crippen LogP contribution in [-0.2, 0) is 26.2 Å². The predicted molar refractivity (Wildman–Crippen MR) is 170 cm³/mol. The van der Waals surface area contributed by atoms with E-state index in [1.807, 2.05) is 45.0 Å². The van der Waals surface area contributed by atoms with Crippen LogP contribution in [0.1, 0.15) is 55.7 Å². The summed E-state index contributed by atoms with van der Waals surface area (Å²) in [5, 5.41) is 3.53. The Bertz CT molecular complexity index is 1540. The first-order valence-corrected chi connectivity index (χ1v) is 16.4. The summed E-state index contributed by atoms with van der Waals surface area (Å²) in [5.74, 6) is -0.105. The molecule has 0 aliphatic heterocycles. The lowest BCUT2D eigenvalue weighted by molar-refractivity contribution is -0.140. The summed E-state index contributed by atoms with van der Waals surface area (Å²) in [6.07, 6.45) is 4.29. The Morgan fingerprint density at radius 2 is 1.70 bits per heavy atom. The topological polar surface area (TPSA) is 96.0 Å². The van der Waals surface area contributed by atoms with Crippen molar-refractivity contribution in [2.24, 2.45) is 0 Å². The minimum absolute atomic E-state index is 0.00768. The second kappa shape index (κ2) is 14.3. The number of nitrogens with one attached hydrogen (secondary N) is 1. The molecule has 0 aromatic heterocycles. The number of anilines is 1. The van der Waals surface area contributed by atoms with Crippen LogP contribution >= 0.6 is 11.6 Å². The molecule has 0 saturated heterocycles. The summed E-state index contributed by atoms with van der Waals surface area (Å²) in [7, 11) is -2.61. The van der Waals surface area contributed by atoms with Crippen LogP contribution < -0.4 is 14.4 Å². The normalized spacial score (nSPS) is 14.3. The summed E-state index contributed by atoms with van der Waals surface area (Å²) >= 11 is 6.05. The summed E-state index contributed by atoms with van der Waals surface area (Å²) in [4.78, 5) is 29.4. The highest BCUT2D eigenvalue weighted by Crippen LogP contribution is 2.28. The molecule has 1 aliphatic rings. The standard InChI is InChI=1S/C33H40ClN3O5S/c1-5-31(33(39)35-27-10-6-7-11-27)36(21-25-9-8-12-29(20-25)42-4)32(38)22-37(28-16-13-23(2)24(3)19-28)43(40,41)30-17-14-26(34)15-18-30/h8-9,12-20,27,31H,5-7,10-11,21-22H2,1-4H3,(H,35,39). The van der Waals surface area contributed by atoms with E-state index in [2.05, 4.69) is 5.32 Å². The van der Waals surface area contributed by atoms with E-state index < -0.39 is 28.5 Å². The molecule has 0 heterocycles. The van der Waals surface area contributed by atoms with E-state index >= 15 is 0 Å². The molecule has 1 fully saturated rings. The molecule has 10 heteroatoms. The molecule has 0 radical (unpaired) electrons. The minimum atomic E-state index is -4.18. The van der Waals surface area contributed by atoms with Gasteiger partial charge >= 0.3 is 0 Å². The van der Waals surface area contributed by atoms with Crippen LogP contribution in [-0.4, -0.2) is 50.9 Å². The number of hydrogen-bond donors (Lipinski definition) is 1. The van der Waals surface area contributed by atoms with Crippen molar-refractivity contribution in [1.82, 2.24) is 10.2 Å². The Labute approximate surface area is 260 Å². The van der Waals surface area contributed by atoms with E-state index in [1.54, 1.807) is 25.3 Å². The molecule has 0 spiro atoms. The van der Waals surface area contributed by atoms with Gasteiger partial charge in [0.25, 0.3) is 10.0 Å². The summed E-state index contributed by atoms with van der Waals surface area (Å²) in [6, 6.07) is 17.7. The van der Waals surface area contributed by atoms with Gasteiger partial charge in [-0.15, -0.1) is 0 Å². The SMILES string of the molecule is CCC(C(=O)NC1CCCC1)N(Cc1cccc(OC)c1)C(=O)CN(c1ccc(C)c(C)c1)S(=O)(=O)c1ccc(Cl)cc1. The summed E-state index contributed by atoms with van der Waals surface area (Å²) in [5.41, 5.74) is 3.00. The number of amides is 2. The van der Waals surface area contributed by atoms with E-state index in [4.69, 9.17) is 16.3 Å². The number of nitrogens with zero attached hydrogens (tertiary/aromatic N) is 2. The van der Waals surface area contributed by atoms with Crippen molar-refractivity contribution in [2.75, 3.05) is 18.0 Å². The molecule has 43 heavy (non-hydrogen) atoms. The molecule has 3 aromatic rings. The van der Waals surface area contributed by atoms with Gasteiger partial charge in [-0.05, 0) is 98.3 Å². The molecule has 0 bridgehead atoms. The number of sulfonamides is 1. The van der Waals surface area contributed by atoms with Crippen molar-refractivity contribution >= 4 is 39.1 Å². The highest BCUT2D eigenvalue weighted by molar-refractivity contribution is 7.92. The number of hydrogen-bond acceptors (Lipinski definition) is 5. The molecule has 8 nitrogen and oxygen atoms in total. The summed E-state index contributed by atoms with van der Waals surface area (Å²) in [6.45, 7) is 5.30. The number of ether oxygens (including phenoxy) is 1. The maximum Gasteiger partial charge on any atom is 0.264 e. The van der Waals surface area contributed by atoms with Crippen LogP contribution in [0.3, 0.4) is 0 Å². The fourth-order valence-electron chi connectivity index (χ4n) is 5.40. The maximum absolute atomic E-state index is 14.3. The molecular weight excluding hydrogens is 586 g/mol. The van der Waals surface area contributed by atoms with Gasteiger partial charge in [0.15, 0.2) is 0 Å². The Morgan fingerprint density at radius 3 is 2.33 bits per heavy atom. The van der Waals surface area contributed by atoms with Gasteiger partial charge in [-0.2, -0.15) is 0 Å². The number of halogens is 1. The molecule has 1 atom stereocenters. The molecule has 2 amide bonds. The van der Waals surface area contributed by atoms with Gasteiger partial charge in [-0.25, -0.2) is 8.42 Å². The Morgan fingerprint density at radius 1 is 1.00 bits per heavy atom. The van der Waals surface area contributed by atoms with Crippen LogP contribution in [0.4, 0.5) is 5.69 Å². The van der Waals surface area contributed by atoms with Crippen LogP contribution in [0.2, 0.25) is 5.02 Å². The van der Waals surface area contributed by atoms with Crippen LogP contribution in [0, 0.1) is 13.8 Å². The molecular formula is C33H40ClN3O5S. The zero-order valence-corrected chi connectivity index (χ0v) is 26.7. The first-order valence-electron chi connectivity index (χ1n) is 14.6. The molecule has 230 valence electrons. The van der Waals surface area contributed by atoms with Gasteiger partial charge in [-0.1, -0.05) is 49.6 Å². The van der Waals surface area contributed by atoms with Gasteiger partial charge in [0.2, 0.25) is 11.8 Å². The first-order chi connectivity index (χ1) is 20.5. The Hall–Kier alpha value is -3.56. The first kappa shape index (κ1) is 32.4. The van der Waals surface area contributed by atoms with Crippen molar-refractivity contribution in [3.8, 4) is 5.75 Å². The third-order valence-corrected chi connectivity index (χ3v) is 10.1. The average Bonchev–Trinajstić information content (AvgIpc) is 3.50. The monoisotopic (exact) mass is 625 g/mol. The van der Waals surface area contributed by atoms with Crippen LogP contribution in [0.25, 0.3) is 0 Å². The van der Waals surface area contributed by atoms with Crippen molar-refractivity contribution < 1.29 is 22.7 Å². The number of carbonyl (C=O) groups excluding carboxylic acids is 2. The van der Waals surface area contributed by atoms with E-state index in [9.17, 15) is 18.0 Å². The Balaban J connectivity index is 1.74. The molecule has 3 aromatic carbocycles. The third-order valence-electron chi connectivity index (χ3n) is 8.03. The predicted octanol–water partition coefficient (Wildman–Crippen LogP) is 6.03. The molecule has 1 saturated carbocycles. The van der Waals surface area contributed by atoms with E-state index in [0.29, 0.717) is 22.9 Å². The van der Waals surface area contributed by atoms with Gasteiger partial charge < -0.3 is 15.0 Å². The lowest BCUT2D eigenvalue weighted by Gasteiger charge is -2.34. The molecule has 1 unspecified atom stereocenters. The van der Waals surface area contributed by atoms with Gasteiger partial charge in [0.05, 0.1) is 17.7 Å². The van der Waals surface area contributed by atoms with Crippen LogP contribution in [0.5, 0.6) is 5.75 Å². The van der Waals surface area contributed by atoms with Crippen molar-refractivity contribution in [2.45, 2.75) is 76.4 Å². The van der Waals surface area contributed by atoms with Crippen molar-refractivity contribution in [3.63, 3.8) is 0 Å². The maximum atomic E-state index is 14.3. The summed E-state index contributed by atoms with van der Waals surface area (Å²) < 4.78 is 34.6. The van der Waals surface area contributed by atoms with Crippen LogP contribution in [0.15, 0.2) is 71.6 Å². The van der Waals surface area contributed by atoms with Gasteiger partial charge in [0.1, 0.15) is 18.3 Å². The zero-order valence-electron chi connectivity index (χ0n) is 25.2. The van der Waals surface area contributed by atoms with Crippen molar-refractivity contribution in [3.05, 3.63) is 88.4 Å². The van der Waals surface area contributed by atoms with Crippen molar-refractivity contribution in [1.29, 1.82) is 0 Å². The number of benzene rings is 3. The number of rotatable bonds is 12. The van der Waals surface area contributed by atoms with E-state index in [1.165, 1.54) is 29.2 Å². The Kier molecular flexibility index (Phi) is 10.7. The lowest BCUT2D eigenvalue weighted by atomic mass is 10.1. The zero-order chi connectivity index (χ0) is 31.1. The second-order valence-corrected chi connectivity index (χ2v) is 13.3. The fourth-order valence-corrected chi connectivity index (χ4v) is 6.93. The highest BCUT2D eigenvalue weighted by atomic mass is 35.5. The molecule has 1 aliphatic carbocycles. The highest BCUT2D eigenvalue weighted by Gasteiger charge is 2.34.